The van der Waals surface area contributed by atoms with Crippen LogP contribution in [0.25, 0.3) is 0 Å². The molecule has 0 saturated heterocycles. The average Bonchev–Trinajstić information content (AvgIpc) is 2.46. The molecular formula is C16H16FN3. The molecule has 20 heavy (non-hydrogen) atoms. The molecule has 0 saturated carbocycles. The lowest BCUT2D eigenvalue weighted by Crippen LogP contribution is -2.21. The molecule has 0 heterocycles. The van der Waals surface area contributed by atoms with E-state index in [9.17, 15) is 4.39 Å². The van der Waals surface area contributed by atoms with Crippen molar-refractivity contribution in [2.24, 2.45) is 0 Å². The predicted molar refractivity (Wildman–Crippen MR) is 78.9 cm³/mol. The van der Waals surface area contributed by atoms with Crippen LogP contribution in [0.2, 0.25) is 0 Å². The summed E-state index contributed by atoms with van der Waals surface area (Å²) in [7, 11) is 1.95. The van der Waals surface area contributed by atoms with Crippen LogP contribution in [0.1, 0.15) is 11.1 Å². The van der Waals surface area contributed by atoms with Crippen LogP contribution in [0.5, 0.6) is 0 Å². The Hall–Kier alpha value is -2.54. The maximum Gasteiger partial charge on any atom is 0.123 e. The zero-order valence-corrected chi connectivity index (χ0v) is 11.3. The van der Waals surface area contributed by atoms with Crippen LogP contribution in [0.15, 0.2) is 42.5 Å². The third kappa shape index (κ3) is 3.27. The van der Waals surface area contributed by atoms with Crippen molar-refractivity contribution in [2.45, 2.75) is 6.42 Å². The van der Waals surface area contributed by atoms with Crippen molar-refractivity contribution in [1.82, 2.24) is 0 Å². The number of likely N-dealkylation sites (N-methyl/N-ethyl adjacent to an activating group) is 1. The standard InChI is InChI=1S/C16H16FN3/c1-20(9-8-12-2-5-14(17)6-3-12)16-7-4-13(11-18)10-15(16)19/h2-7,10H,8-9,19H2,1H3. The zero-order valence-electron chi connectivity index (χ0n) is 11.3. The Morgan fingerprint density at radius 2 is 1.90 bits per heavy atom. The molecule has 0 spiro atoms. The maximum atomic E-state index is 12.8. The van der Waals surface area contributed by atoms with Gasteiger partial charge < -0.3 is 10.6 Å². The molecule has 0 amide bonds. The molecular weight excluding hydrogens is 253 g/mol. The van der Waals surface area contributed by atoms with Gasteiger partial charge in [-0.25, -0.2) is 4.39 Å². The molecule has 0 fully saturated rings. The lowest BCUT2D eigenvalue weighted by molar-refractivity contribution is 0.627. The van der Waals surface area contributed by atoms with Crippen molar-refractivity contribution in [3.05, 3.63) is 59.4 Å². The molecule has 2 aromatic carbocycles. The summed E-state index contributed by atoms with van der Waals surface area (Å²) in [6.07, 6.45) is 0.802. The van der Waals surface area contributed by atoms with E-state index in [1.165, 1.54) is 12.1 Å². The van der Waals surface area contributed by atoms with Gasteiger partial charge in [-0.05, 0) is 42.3 Å². The van der Waals surface area contributed by atoms with Gasteiger partial charge >= 0.3 is 0 Å². The van der Waals surface area contributed by atoms with E-state index >= 15 is 0 Å². The van der Waals surface area contributed by atoms with Gasteiger partial charge in [-0.1, -0.05) is 12.1 Å². The van der Waals surface area contributed by atoms with Crippen molar-refractivity contribution < 1.29 is 4.39 Å². The molecule has 102 valence electrons. The minimum absolute atomic E-state index is 0.224. The first-order chi connectivity index (χ1) is 9.60. The summed E-state index contributed by atoms with van der Waals surface area (Å²) in [5.74, 6) is -0.224. The number of anilines is 2. The van der Waals surface area contributed by atoms with Gasteiger partial charge in [0.15, 0.2) is 0 Å². The molecule has 0 bridgehead atoms. The number of hydrogen-bond donors (Lipinski definition) is 1. The van der Waals surface area contributed by atoms with E-state index < -0.39 is 0 Å². The first-order valence-corrected chi connectivity index (χ1v) is 6.35. The van der Waals surface area contributed by atoms with Crippen molar-refractivity contribution >= 4 is 11.4 Å². The second-order valence-electron chi connectivity index (χ2n) is 4.68. The molecule has 0 atom stereocenters. The summed E-state index contributed by atoms with van der Waals surface area (Å²) in [5, 5.41) is 8.82. The number of hydrogen-bond acceptors (Lipinski definition) is 3. The second-order valence-corrected chi connectivity index (χ2v) is 4.68. The average molecular weight is 269 g/mol. The van der Waals surface area contributed by atoms with Gasteiger partial charge in [0.1, 0.15) is 5.82 Å². The fraction of sp³-hybridized carbons (Fsp3) is 0.188. The molecule has 0 aliphatic heterocycles. The van der Waals surface area contributed by atoms with Crippen molar-refractivity contribution in [3.8, 4) is 6.07 Å². The highest BCUT2D eigenvalue weighted by Crippen LogP contribution is 2.23. The van der Waals surface area contributed by atoms with Gasteiger partial charge in [0.2, 0.25) is 0 Å². The van der Waals surface area contributed by atoms with Gasteiger partial charge in [0.05, 0.1) is 23.0 Å². The van der Waals surface area contributed by atoms with Crippen molar-refractivity contribution in [2.75, 3.05) is 24.2 Å². The first-order valence-electron chi connectivity index (χ1n) is 6.35. The van der Waals surface area contributed by atoms with Crippen LogP contribution in [-0.4, -0.2) is 13.6 Å². The molecule has 0 radical (unpaired) electrons. The van der Waals surface area contributed by atoms with Gasteiger partial charge in [-0.2, -0.15) is 5.26 Å². The van der Waals surface area contributed by atoms with E-state index in [2.05, 4.69) is 6.07 Å². The highest BCUT2D eigenvalue weighted by molar-refractivity contribution is 5.69. The van der Waals surface area contributed by atoms with Crippen LogP contribution in [0.4, 0.5) is 15.8 Å². The summed E-state index contributed by atoms with van der Waals surface area (Å²) < 4.78 is 12.8. The van der Waals surface area contributed by atoms with E-state index in [-0.39, 0.29) is 5.82 Å². The summed E-state index contributed by atoms with van der Waals surface area (Å²) in [4.78, 5) is 2.03. The summed E-state index contributed by atoms with van der Waals surface area (Å²) in [6.45, 7) is 0.766. The molecule has 0 aliphatic rings. The van der Waals surface area contributed by atoms with Crippen LogP contribution in [0, 0.1) is 17.1 Å². The van der Waals surface area contributed by atoms with E-state index in [0.29, 0.717) is 11.3 Å². The molecule has 2 aromatic rings. The Kier molecular flexibility index (Phi) is 4.21. The van der Waals surface area contributed by atoms with Crippen LogP contribution in [-0.2, 0) is 6.42 Å². The monoisotopic (exact) mass is 269 g/mol. The lowest BCUT2D eigenvalue weighted by atomic mass is 10.1. The Labute approximate surface area is 118 Å². The highest BCUT2D eigenvalue weighted by atomic mass is 19.1. The topological polar surface area (TPSA) is 53.0 Å². The van der Waals surface area contributed by atoms with Gasteiger partial charge in [0, 0.05) is 13.6 Å². The Balaban J connectivity index is 2.03. The molecule has 2 N–H and O–H groups in total. The van der Waals surface area contributed by atoms with Gasteiger partial charge in [-0.15, -0.1) is 0 Å². The molecule has 0 aromatic heterocycles. The minimum atomic E-state index is -0.224. The SMILES string of the molecule is CN(CCc1ccc(F)cc1)c1ccc(C#N)cc1N. The van der Waals surface area contributed by atoms with Crippen molar-refractivity contribution in [3.63, 3.8) is 0 Å². The predicted octanol–water partition coefficient (Wildman–Crippen LogP) is 2.96. The third-order valence-electron chi connectivity index (χ3n) is 3.22. The van der Waals surface area contributed by atoms with E-state index in [1.54, 1.807) is 24.3 Å². The Bertz CT molecular complexity index is 629. The fourth-order valence-electron chi connectivity index (χ4n) is 2.04. The molecule has 2 rings (SSSR count). The van der Waals surface area contributed by atoms with Crippen LogP contribution >= 0.6 is 0 Å². The smallest absolute Gasteiger partial charge is 0.123 e. The van der Waals surface area contributed by atoms with E-state index in [0.717, 1.165) is 24.2 Å². The number of nitrogen functional groups attached to an aromatic ring is 1. The molecule has 4 heteroatoms. The lowest BCUT2D eigenvalue weighted by Gasteiger charge is -2.21. The van der Waals surface area contributed by atoms with Crippen LogP contribution in [0.3, 0.4) is 0 Å². The van der Waals surface area contributed by atoms with Gasteiger partial charge in [0.25, 0.3) is 0 Å². The summed E-state index contributed by atoms with van der Waals surface area (Å²) >= 11 is 0. The summed E-state index contributed by atoms with van der Waals surface area (Å²) in [5.41, 5.74) is 9.06. The quantitative estimate of drug-likeness (QED) is 0.868. The minimum Gasteiger partial charge on any atom is -0.397 e. The number of nitriles is 1. The molecule has 3 nitrogen and oxygen atoms in total. The second kappa shape index (κ2) is 6.07. The molecule has 0 unspecified atom stereocenters. The highest BCUT2D eigenvalue weighted by Gasteiger charge is 2.06. The van der Waals surface area contributed by atoms with E-state index in [4.69, 9.17) is 11.0 Å². The number of nitrogens with zero attached hydrogens (tertiary/aromatic N) is 2. The molecule has 0 aliphatic carbocycles. The number of halogens is 1. The third-order valence-corrected chi connectivity index (χ3v) is 3.22. The maximum absolute atomic E-state index is 12.8. The Morgan fingerprint density at radius 3 is 2.50 bits per heavy atom. The number of rotatable bonds is 4. The van der Waals surface area contributed by atoms with Crippen LogP contribution < -0.4 is 10.6 Å². The Morgan fingerprint density at radius 1 is 1.20 bits per heavy atom. The number of benzene rings is 2. The fourth-order valence-corrected chi connectivity index (χ4v) is 2.04. The van der Waals surface area contributed by atoms with E-state index in [1.807, 2.05) is 18.0 Å². The van der Waals surface area contributed by atoms with Crippen molar-refractivity contribution in [1.29, 1.82) is 5.26 Å². The largest absolute Gasteiger partial charge is 0.397 e. The zero-order chi connectivity index (χ0) is 14.5. The summed E-state index contributed by atoms with van der Waals surface area (Å²) in [6, 6.07) is 13.8. The number of nitrogens with two attached hydrogens (primary N) is 1. The first kappa shape index (κ1) is 13.9. The normalized spacial score (nSPS) is 10.1. The van der Waals surface area contributed by atoms with Gasteiger partial charge in [-0.3, -0.25) is 0 Å².